The summed E-state index contributed by atoms with van der Waals surface area (Å²) in [5.74, 6) is -2.63. The van der Waals surface area contributed by atoms with Gasteiger partial charge in [0.05, 0.1) is 0 Å². The van der Waals surface area contributed by atoms with Gasteiger partial charge in [0.15, 0.2) is 6.10 Å². The maximum atomic E-state index is 14.8. The molecule has 1 aromatic carbocycles. The molecule has 1 aromatic rings. The zero-order chi connectivity index (χ0) is 23.0. The largest absolute Gasteiger partial charge is 0.479 e. The van der Waals surface area contributed by atoms with Crippen molar-refractivity contribution in [2.75, 3.05) is 13.1 Å². The average Bonchev–Trinajstić information content (AvgIpc) is 2.76. The highest BCUT2D eigenvalue weighted by atomic mass is 19.1. The van der Waals surface area contributed by atoms with Gasteiger partial charge in [0.1, 0.15) is 24.1 Å². The molecule has 174 valence electrons. The minimum absolute atomic E-state index is 0.161. The summed E-state index contributed by atoms with van der Waals surface area (Å²) in [6.45, 7) is 0.889. The molecule has 0 saturated carbocycles. The van der Waals surface area contributed by atoms with Crippen molar-refractivity contribution in [1.29, 1.82) is 0 Å². The van der Waals surface area contributed by atoms with Gasteiger partial charge < -0.3 is 41.0 Å². The van der Waals surface area contributed by atoms with Crippen molar-refractivity contribution in [1.82, 2.24) is 5.32 Å². The molecule has 1 saturated heterocycles. The predicted octanol–water partition coefficient (Wildman–Crippen LogP) is -0.396. The number of aliphatic hydroxyl groups excluding tert-OH is 3. The first-order valence-corrected chi connectivity index (χ1v) is 10.1. The fraction of sp³-hybridized carbons (Fsp3) is 0.600. The fourth-order valence-electron chi connectivity index (χ4n) is 3.14. The summed E-state index contributed by atoms with van der Waals surface area (Å²) < 4.78 is 25.3. The van der Waals surface area contributed by atoms with Gasteiger partial charge in [-0.25, -0.2) is 9.18 Å². The van der Waals surface area contributed by atoms with Crippen LogP contribution in [-0.4, -0.2) is 76.1 Å². The highest BCUT2D eigenvalue weighted by Gasteiger charge is 2.48. The number of aliphatic hydroxyl groups is 3. The Balaban J connectivity index is 2.04. The number of carbonyl (C=O) groups excluding carboxylic acids is 1. The van der Waals surface area contributed by atoms with Crippen molar-refractivity contribution < 1.29 is 43.9 Å². The first-order chi connectivity index (χ1) is 14.8. The third-order valence-electron chi connectivity index (χ3n) is 4.91. The van der Waals surface area contributed by atoms with Gasteiger partial charge >= 0.3 is 5.97 Å². The van der Waals surface area contributed by atoms with Crippen LogP contribution in [0.3, 0.4) is 0 Å². The van der Waals surface area contributed by atoms with Crippen LogP contribution in [-0.2, 0) is 14.3 Å². The average molecular weight is 444 g/mol. The van der Waals surface area contributed by atoms with Crippen LogP contribution < -0.4 is 15.8 Å². The smallest absolute Gasteiger partial charge is 0.335 e. The topological polar surface area (TPSA) is 172 Å². The Morgan fingerprint density at radius 1 is 1.10 bits per heavy atom. The van der Waals surface area contributed by atoms with Gasteiger partial charge in [-0.1, -0.05) is 31.0 Å². The van der Waals surface area contributed by atoms with E-state index in [0.717, 1.165) is 19.3 Å². The highest BCUT2D eigenvalue weighted by molar-refractivity contribution is 5.82. The SMILES string of the molecule is NCCCCCCNC(=O)C(F)c1ccccc1O[C@@H]1O[C@H](C(=O)O)[C@@H](O)[C@H](O)[C@H]1O. The Labute approximate surface area is 178 Å². The molecule has 0 bridgehead atoms. The third kappa shape index (κ3) is 6.58. The number of hydrogen-bond acceptors (Lipinski definition) is 8. The number of amides is 1. The second-order valence-electron chi connectivity index (χ2n) is 7.25. The Morgan fingerprint density at radius 2 is 1.77 bits per heavy atom. The molecule has 1 fully saturated rings. The number of alkyl halides is 1. The van der Waals surface area contributed by atoms with E-state index in [0.29, 0.717) is 19.5 Å². The summed E-state index contributed by atoms with van der Waals surface area (Å²) in [4.78, 5) is 23.4. The van der Waals surface area contributed by atoms with Crippen LogP contribution in [0.2, 0.25) is 0 Å². The number of carboxylic acid groups (broad SMARTS) is 1. The quantitative estimate of drug-likeness (QED) is 0.248. The van der Waals surface area contributed by atoms with Crippen LogP contribution in [0.15, 0.2) is 24.3 Å². The van der Waals surface area contributed by atoms with Crippen LogP contribution in [0, 0.1) is 0 Å². The molecular formula is C20H29FN2O8. The Morgan fingerprint density at radius 3 is 2.45 bits per heavy atom. The highest BCUT2D eigenvalue weighted by Crippen LogP contribution is 2.31. The van der Waals surface area contributed by atoms with E-state index in [9.17, 15) is 29.3 Å². The van der Waals surface area contributed by atoms with E-state index in [1.54, 1.807) is 0 Å². The minimum Gasteiger partial charge on any atom is -0.479 e. The molecule has 2 rings (SSSR count). The predicted molar refractivity (Wildman–Crippen MR) is 106 cm³/mol. The molecule has 1 aliphatic rings. The lowest BCUT2D eigenvalue weighted by Gasteiger charge is -2.38. The molecule has 1 aliphatic heterocycles. The van der Waals surface area contributed by atoms with Crippen LogP contribution in [0.1, 0.15) is 37.4 Å². The molecule has 0 radical (unpaired) electrons. The Bertz CT molecular complexity index is 737. The molecule has 1 unspecified atom stereocenters. The number of benzene rings is 1. The molecular weight excluding hydrogens is 415 g/mol. The van der Waals surface area contributed by atoms with Gasteiger partial charge in [-0.3, -0.25) is 4.79 Å². The molecule has 0 aliphatic carbocycles. The van der Waals surface area contributed by atoms with Crippen molar-refractivity contribution in [2.24, 2.45) is 5.73 Å². The maximum Gasteiger partial charge on any atom is 0.335 e. The van der Waals surface area contributed by atoms with E-state index in [-0.39, 0.29) is 11.3 Å². The zero-order valence-electron chi connectivity index (χ0n) is 16.9. The monoisotopic (exact) mass is 444 g/mol. The number of nitrogens with two attached hydrogens (primary N) is 1. The van der Waals surface area contributed by atoms with Gasteiger partial charge in [-0.15, -0.1) is 0 Å². The minimum atomic E-state index is -2.09. The number of rotatable bonds is 11. The number of carbonyl (C=O) groups is 2. The van der Waals surface area contributed by atoms with E-state index >= 15 is 0 Å². The lowest BCUT2D eigenvalue weighted by molar-refractivity contribution is -0.271. The van der Waals surface area contributed by atoms with E-state index in [2.05, 4.69) is 5.32 Å². The van der Waals surface area contributed by atoms with E-state index in [1.165, 1.54) is 24.3 Å². The number of para-hydroxylation sites is 1. The van der Waals surface area contributed by atoms with Crippen LogP contribution in [0.4, 0.5) is 4.39 Å². The second kappa shape index (κ2) is 11.9. The summed E-state index contributed by atoms with van der Waals surface area (Å²) in [6, 6.07) is 5.57. The van der Waals surface area contributed by atoms with Crippen LogP contribution in [0.25, 0.3) is 0 Å². The summed E-state index contributed by atoms with van der Waals surface area (Å²) in [5, 5.41) is 41.3. The summed E-state index contributed by atoms with van der Waals surface area (Å²) in [5.41, 5.74) is 5.25. The normalized spacial score (nSPS) is 26.8. The number of hydrogen-bond donors (Lipinski definition) is 6. The van der Waals surface area contributed by atoms with Gasteiger partial charge in [0.2, 0.25) is 12.5 Å². The number of halogens is 1. The standard InChI is InChI=1S/C20H29FN2O8/c21-13(18(27)23-10-6-2-1-5-9-22)11-7-3-4-8-12(11)30-20-16(26)14(24)15(25)17(31-20)19(28)29/h3-4,7-8,13-17,20,24-26H,1-2,5-6,9-10,22H2,(H,23,27)(H,28,29)/t13?,14-,15-,16+,17-,20+/m0/s1. The molecule has 11 heteroatoms. The first-order valence-electron chi connectivity index (χ1n) is 10.1. The summed E-state index contributed by atoms with van der Waals surface area (Å²) >= 11 is 0. The van der Waals surface area contributed by atoms with E-state index in [4.69, 9.17) is 20.3 Å². The summed E-state index contributed by atoms with van der Waals surface area (Å²) in [6.07, 6.45) is -7.89. The third-order valence-corrected chi connectivity index (χ3v) is 4.91. The van der Waals surface area contributed by atoms with Crippen molar-refractivity contribution in [2.45, 2.75) is 62.6 Å². The first kappa shape index (κ1) is 25.0. The van der Waals surface area contributed by atoms with Crippen LogP contribution >= 0.6 is 0 Å². The van der Waals surface area contributed by atoms with Crippen molar-refractivity contribution in [3.63, 3.8) is 0 Å². The molecule has 10 nitrogen and oxygen atoms in total. The van der Waals surface area contributed by atoms with Gasteiger partial charge in [-0.05, 0) is 25.5 Å². The molecule has 1 heterocycles. The van der Waals surface area contributed by atoms with E-state index < -0.39 is 48.8 Å². The maximum absolute atomic E-state index is 14.8. The number of unbranched alkanes of at least 4 members (excludes halogenated alkanes) is 3. The Kier molecular flexibility index (Phi) is 9.59. The summed E-state index contributed by atoms with van der Waals surface area (Å²) in [7, 11) is 0. The van der Waals surface area contributed by atoms with Gasteiger partial charge in [0.25, 0.3) is 5.91 Å². The number of aliphatic carboxylic acids is 1. The molecule has 7 N–H and O–H groups in total. The van der Waals surface area contributed by atoms with Crippen molar-refractivity contribution >= 4 is 11.9 Å². The second-order valence-corrected chi connectivity index (χ2v) is 7.25. The van der Waals surface area contributed by atoms with Gasteiger partial charge in [-0.2, -0.15) is 0 Å². The van der Waals surface area contributed by atoms with Gasteiger partial charge in [0, 0.05) is 12.1 Å². The number of nitrogens with one attached hydrogen (secondary N) is 1. The fourth-order valence-corrected chi connectivity index (χ4v) is 3.14. The molecule has 6 atom stereocenters. The van der Waals surface area contributed by atoms with E-state index in [1.807, 2.05) is 0 Å². The lowest BCUT2D eigenvalue weighted by Crippen LogP contribution is -2.61. The van der Waals surface area contributed by atoms with Crippen molar-refractivity contribution in [3.8, 4) is 5.75 Å². The molecule has 0 aromatic heterocycles. The lowest BCUT2D eigenvalue weighted by atomic mass is 9.99. The molecule has 1 amide bonds. The molecule has 0 spiro atoms. The zero-order valence-corrected chi connectivity index (χ0v) is 16.9. The number of ether oxygens (including phenoxy) is 2. The Hall–Kier alpha value is -2.31. The number of carboxylic acids is 1. The molecule has 31 heavy (non-hydrogen) atoms. The van der Waals surface area contributed by atoms with Crippen molar-refractivity contribution in [3.05, 3.63) is 29.8 Å². The van der Waals surface area contributed by atoms with Crippen LogP contribution in [0.5, 0.6) is 5.75 Å².